The van der Waals surface area contributed by atoms with E-state index in [1.165, 1.54) is 40.7 Å². The molecule has 0 unspecified atom stereocenters. The van der Waals surface area contributed by atoms with Gasteiger partial charge in [0.2, 0.25) is 10.0 Å². The van der Waals surface area contributed by atoms with E-state index in [9.17, 15) is 26.9 Å². The molecule has 0 aliphatic rings. The molecular weight excluding hydrogens is 442 g/mol. The number of nitro groups is 1. The highest BCUT2D eigenvalue weighted by Crippen LogP contribution is 2.26. The number of nitro benzene ring substituents is 1. The van der Waals surface area contributed by atoms with Gasteiger partial charge in [-0.15, -0.1) is 0 Å². The first-order valence-corrected chi connectivity index (χ1v) is 12.6. The predicted octanol–water partition coefficient (Wildman–Crippen LogP) is 3.70. The fraction of sp³-hybridized carbons (Fsp3) is 0.400. The topological polar surface area (TPSA) is 127 Å². The van der Waals surface area contributed by atoms with Crippen LogP contribution in [0.3, 0.4) is 0 Å². The second kappa shape index (κ2) is 9.75. The summed E-state index contributed by atoms with van der Waals surface area (Å²) in [4.78, 5) is 9.93. The van der Waals surface area contributed by atoms with Gasteiger partial charge in [0.15, 0.2) is 4.90 Å². The standard InChI is InChI=1S/C20H27N3O6S2/c1-15(2)13-22(14-16(3)4)31(28,29)18-11-9-17(10-12-18)21-30(26,27)20-8-6-5-7-19(20)23(24)25/h5-12,15-16,21H,13-14H2,1-4H3. The number of rotatable bonds is 10. The van der Waals surface area contributed by atoms with Crippen molar-refractivity contribution < 1.29 is 21.8 Å². The van der Waals surface area contributed by atoms with Crippen LogP contribution in [-0.4, -0.2) is 39.2 Å². The van der Waals surface area contributed by atoms with Crippen molar-refractivity contribution in [1.82, 2.24) is 4.31 Å². The summed E-state index contributed by atoms with van der Waals surface area (Å²) < 4.78 is 55.0. The minimum Gasteiger partial charge on any atom is -0.279 e. The Morgan fingerprint density at radius 3 is 1.90 bits per heavy atom. The van der Waals surface area contributed by atoms with Gasteiger partial charge < -0.3 is 0 Å². The molecule has 0 aromatic heterocycles. The summed E-state index contributed by atoms with van der Waals surface area (Å²) in [5, 5.41) is 11.1. The molecule has 1 N–H and O–H groups in total. The minimum absolute atomic E-state index is 0.0439. The SMILES string of the molecule is CC(C)CN(CC(C)C)S(=O)(=O)c1ccc(NS(=O)(=O)c2ccccc2[N+](=O)[O-])cc1. The zero-order valence-corrected chi connectivity index (χ0v) is 19.5. The highest BCUT2D eigenvalue weighted by atomic mass is 32.2. The number of para-hydroxylation sites is 1. The van der Waals surface area contributed by atoms with Crippen molar-refractivity contribution in [2.75, 3.05) is 17.8 Å². The van der Waals surface area contributed by atoms with Gasteiger partial charge in [-0.2, -0.15) is 4.31 Å². The molecule has 2 aromatic rings. The lowest BCUT2D eigenvalue weighted by Gasteiger charge is -2.25. The van der Waals surface area contributed by atoms with Crippen LogP contribution in [0, 0.1) is 22.0 Å². The van der Waals surface area contributed by atoms with Crippen molar-refractivity contribution in [2.45, 2.75) is 37.5 Å². The molecule has 0 atom stereocenters. The first-order chi connectivity index (χ1) is 14.3. The van der Waals surface area contributed by atoms with Gasteiger partial charge in [-0.25, -0.2) is 16.8 Å². The quantitative estimate of drug-likeness (QED) is 0.418. The molecule has 0 spiro atoms. The maximum Gasteiger partial charge on any atom is 0.289 e. The average Bonchev–Trinajstić information content (AvgIpc) is 2.67. The Kier molecular flexibility index (Phi) is 7.79. The average molecular weight is 470 g/mol. The number of benzene rings is 2. The number of anilines is 1. The highest BCUT2D eigenvalue weighted by Gasteiger charge is 2.27. The van der Waals surface area contributed by atoms with Crippen LogP contribution in [0.15, 0.2) is 58.3 Å². The molecule has 0 aliphatic carbocycles. The number of hydrogen-bond acceptors (Lipinski definition) is 6. The molecule has 0 aliphatic heterocycles. The molecule has 2 aromatic carbocycles. The third kappa shape index (κ3) is 6.25. The Labute approximate surface area is 183 Å². The summed E-state index contributed by atoms with van der Waals surface area (Å²) in [6.07, 6.45) is 0. The largest absolute Gasteiger partial charge is 0.289 e. The first kappa shape index (κ1) is 24.8. The fourth-order valence-corrected chi connectivity index (χ4v) is 5.97. The van der Waals surface area contributed by atoms with Crippen molar-refractivity contribution in [2.24, 2.45) is 11.8 Å². The molecule has 0 saturated carbocycles. The van der Waals surface area contributed by atoms with E-state index in [1.54, 1.807) is 0 Å². The molecule has 0 fully saturated rings. The molecular formula is C20H27N3O6S2. The Hall–Kier alpha value is -2.50. The Morgan fingerprint density at radius 2 is 1.42 bits per heavy atom. The molecule has 2 rings (SSSR count). The molecule has 9 nitrogen and oxygen atoms in total. The van der Waals surface area contributed by atoms with Crippen molar-refractivity contribution >= 4 is 31.4 Å². The Bertz CT molecular complexity index is 1120. The van der Waals surface area contributed by atoms with Crippen LogP contribution >= 0.6 is 0 Å². The molecule has 0 bridgehead atoms. The summed E-state index contributed by atoms with van der Waals surface area (Å²) in [6, 6.07) is 10.3. The van der Waals surface area contributed by atoms with Crippen LogP contribution in [0.25, 0.3) is 0 Å². The third-order valence-corrected chi connectivity index (χ3v) is 7.51. The molecule has 0 saturated heterocycles. The first-order valence-electron chi connectivity index (χ1n) is 9.71. The molecule has 31 heavy (non-hydrogen) atoms. The van der Waals surface area contributed by atoms with Crippen LogP contribution in [0.2, 0.25) is 0 Å². The van der Waals surface area contributed by atoms with Gasteiger partial charge in [-0.3, -0.25) is 14.8 Å². The molecule has 0 radical (unpaired) electrons. The summed E-state index contributed by atoms with van der Waals surface area (Å²) >= 11 is 0. The third-order valence-electron chi connectivity index (χ3n) is 4.23. The van der Waals surface area contributed by atoms with E-state index >= 15 is 0 Å². The normalized spacial score (nSPS) is 12.5. The van der Waals surface area contributed by atoms with Crippen molar-refractivity contribution in [1.29, 1.82) is 0 Å². The highest BCUT2D eigenvalue weighted by molar-refractivity contribution is 7.93. The van der Waals surface area contributed by atoms with Crippen molar-refractivity contribution in [3.63, 3.8) is 0 Å². The van der Waals surface area contributed by atoms with E-state index < -0.39 is 35.6 Å². The number of nitrogens with one attached hydrogen (secondary N) is 1. The van der Waals surface area contributed by atoms with Gasteiger partial charge in [0, 0.05) is 24.8 Å². The van der Waals surface area contributed by atoms with E-state index in [0.717, 1.165) is 12.1 Å². The lowest BCUT2D eigenvalue weighted by Crippen LogP contribution is -2.37. The number of hydrogen-bond donors (Lipinski definition) is 1. The summed E-state index contributed by atoms with van der Waals surface area (Å²) in [6.45, 7) is 8.47. The van der Waals surface area contributed by atoms with Crippen LogP contribution in [-0.2, 0) is 20.0 Å². The fourth-order valence-electron chi connectivity index (χ4n) is 2.97. The minimum atomic E-state index is -4.24. The number of nitrogens with zero attached hydrogens (tertiary/aromatic N) is 2. The predicted molar refractivity (Wildman–Crippen MR) is 119 cm³/mol. The van der Waals surface area contributed by atoms with Gasteiger partial charge in [0.1, 0.15) is 0 Å². The zero-order chi connectivity index (χ0) is 23.4. The lowest BCUT2D eigenvalue weighted by atomic mass is 10.2. The van der Waals surface area contributed by atoms with Gasteiger partial charge in [0.05, 0.1) is 9.82 Å². The molecule has 170 valence electrons. The summed E-state index contributed by atoms with van der Waals surface area (Å²) in [5.74, 6) is 0.280. The van der Waals surface area contributed by atoms with Crippen molar-refractivity contribution in [3.8, 4) is 0 Å². The van der Waals surface area contributed by atoms with Gasteiger partial charge in [-0.1, -0.05) is 39.8 Å². The lowest BCUT2D eigenvalue weighted by molar-refractivity contribution is -0.387. The van der Waals surface area contributed by atoms with Gasteiger partial charge >= 0.3 is 0 Å². The maximum atomic E-state index is 13.1. The van der Waals surface area contributed by atoms with Crippen LogP contribution in [0.4, 0.5) is 11.4 Å². The van der Waals surface area contributed by atoms with Gasteiger partial charge in [0.25, 0.3) is 15.7 Å². The smallest absolute Gasteiger partial charge is 0.279 e. The van der Waals surface area contributed by atoms with E-state index in [-0.39, 0.29) is 22.4 Å². The second-order valence-corrected chi connectivity index (χ2v) is 11.6. The van der Waals surface area contributed by atoms with Crippen molar-refractivity contribution in [3.05, 3.63) is 58.6 Å². The Morgan fingerprint density at radius 1 is 0.903 bits per heavy atom. The molecule has 0 heterocycles. The zero-order valence-electron chi connectivity index (χ0n) is 17.8. The summed E-state index contributed by atoms with van der Waals surface area (Å²) in [7, 11) is -7.99. The van der Waals surface area contributed by atoms with Crippen LogP contribution < -0.4 is 4.72 Å². The summed E-state index contributed by atoms with van der Waals surface area (Å²) in [5.41, 5.74) is -0.455. The van der Waals surface area contributed by atoms with E-state index in [2.05, 4.69) is 4.72 Å². The van der Waals surface area contributed by atoms with Crippen LogP contribution in [0.1, 0.15) is 27.7 Å². The van der Waals surface area contributed by atoms with Crippen LogP contribution in [0.5, 0.6) is 0 Å². The van der Waals surface area contributed by atoms with Gasteiger partial charge in [-0.05, 0) is 42.2 Å². The Balaban J connectivity index is 2.32. The molecule has 0 amide bonds. The van der Waals surface area contributed by atoms with E-state index in [1.807, 2.05) is 27.7 Å². The van der Waals surface area contributed by atoms with E-state index in [4.69, 9.17) is 0 Å². The monoisotopic (exact) mass is 469 g/mol. The molecule has 11 heteroatoms. The number of sulfonamides is 2. The maximum absolute atomic E-state index is 13.1. The van der Waals surface area contributed by atoms with E-state index in [0.29, 0.717) is 13.1 Å². The second-order valence-electron chi connectivity index (χ2n) is 7.96.